The van der Waals surface area contributed by atoms with Crippen molar-refractivity contribution < 1.29 is 0 Å². The third-order valence-electron chi connectivity index (χ3n) is 2.44. The minimum absolute atomic E-state index is 1.22. The molecule has 0 fully saturated rings. The molecule has 0 unspecified atom stereocenters. The van der Waals surface area contributed by atoms with E-state index < -0.39 is 18.4 Å². The molecule has 0 radical (unpaired) electrons. The second kappa shape index (κ2) is 3.54. The van der Waals surface area contributed by atoms with Gasteiger partial charge in [0.05, 0.1) is 0 Å². The molecule has 0 saturated carbocycles. The Balaban J connectivity index is 2.78. The summed E-state index contributed by atoms with van der Waals surface area (Å²) in [7, 11) is 0. The van der Waals surface area contributed by atoms with Crippen molar-refractivity contribution in [2.75, 3.05) is 0 Å². The summed E-state index contributed by atoms with van der Waals surface area (Å²) in [5.41, 5.74) is 1.22. The van der Waals surface area contributed by atoms with Gasteiger partial charge in [-0.25, -0.2) is 0 Å². The molecule has 0 atom stereocenters. The van der Waals surface area contributed by atoms with Crippen LogP contribution in [0.5, 0.6) is 0 Å². The van der Waals surface area contributed by atoms with Crippen molar-refractivity contribution in [1.82, 2.24) is 4.98 Å². The van der Waals surface area contributed by atoms with E-state index in [9.17, 15) is 0 Å². The number of para-hydroxylation sites is 1. The van der Waals surface area contributed by atoms with Crippen molar-refractivity contribution in [2.45, 2.75) is 14.8 Å². The number of pyridine rings is 1. The van der Waals surface area contributed by atoms with Crippen LogP contribution in [0.25, 0.3) is 10.9 Å². The molecule has 2 rings (SSSR count). The topological polar surface area (TPSA) is 12.9 Å². The van der Waals surface area contributed by atoms with Crippen molar-refractivity contribution in [1.29, 1.82) is 0 Å². The van der Waals surface area contributed by atoms with Crippen molar-refractivity contribution in [3.05, 3.63) is 36.5 Å². The van der Waals surface area contributed by atoms with Gasteiger partial charge in [0.15, 0.2) is 0 Å². The molecule has 0 saturated heterocycles. The fourth-order valence-corrected chi connectivity index (χ4v) is 6.03. The van der Waals surface area contributed by atoms with E-state index in [-0.39, 0.29) is 0 Å². The first-order valence-corrected chi connectivity index (χ1v) is 14.9. The molecule has 0 aliphatic rings. The van der Waals surface area contributed by atoms with Crippen LogP contribution in [0.4, 0.5) is 0 Å². The zero-order chi connectivity index (χ0) is 10.2. The zero-order valence-electron chi connectivity index (χ0n) is 8.91. The SMILES string of the molecule is [CH3][Sn]([CH3])([CH3])[c]1cccc2cccnc12. The number of hydrogen-bond acceptors (Lipinski definition) is 1. The number of rotatable bonds is 1. The predicted molar refractivity (Wildman–Crippen MR) is 64.7 cm³/mol. The van der Waals surface area contributed by atoms with Gasteiger partial charge in [-0.3, -0.25) is 0 Å². The second-order valence-corrected chi connectivity index (χ2v) is 19.0. The summed E-state index contributed by atoms with van der Waals surface area (Å²) in [5, 5.41) is 1.27. The molecule has 0 aliphatic carbocycles. The van der Waals surface area contributed by atoms with E-state index in [1.165, 1.54) is 14.5 Å². The first-order chi connectivity index (χ1) is 6.59. The average Bonchev–Trinajstić information content (AvgIpc) is 2.15. The maximum absolute atomic E-state index is 4.50. The third kappa shape index (κ3) is 1.78. The van der Waals surface area contributed by atoms with Gasteiger partial charge in [-0.1, -0.05) is 0 Å². The van der Waals surface area contributed by atoms with Crippen LogP contribution < -0.4 is 3.58 Å². The Bertz CT molecular complexity index is 452. The quantitative estimate of drug-likeness (QED) is 0.736. The fraction of sp³-hybridized carbons (Fsp3) is 0.250. The predicted octanol–water partition coefficient (Wildman–Crippen LogP) is 2.78. The fourth-order valence-electron chi connectivity index (χ4n) is 1.71. The second-order valence-electron chi connectivity index (χ2n) is 4.63. The van der Waals surface area contributed by atoms with E-state index in [1.54, 1.807) is 0 Å². The first-order valence-electron chi connectivity index (χ1n) is 4.93. The van der Waals surface area contributed by atoms with Crippen LogP contribution in [-0.4, -0.2) is 23.4 Å². The molecule has 1 heterocycles. The van der Waals surface area contributed by atoms with E-state index in [4.69, 9.17) is 0 Å². The number of hydrogen-bond donors (Lipinski definition) is 0. The van der Waals surface area contributed by atoms with Crippen LogP contribution in [0, 0.1) is 0 Å². The standard InChI is InChI=1S/C9H6N.3CH3.Sn/c1-2-6-9-8(4-1)5-3-7-10-9;;;;/h1-5,7H;3*1H3;. The number of aromatic nitrogens is 1. The molecule has 1 aromatic carbocycles. The normalized spacial score (nSPS) is 11.9. The Kier molecular flexibility index (Phi) is 2.52. The maximum atomic E-state index is 4.50. The third-order valence-corrected chi connectivity index (χ3v) is 8.20. The molecule has 14 heavy (non-hydrogen) atoms. The Morgan fingerprint density at radius 2 is 1.71 bits per heavy atom. The summed E-state index contributed by atoms with van der Waals surface area (Å²) in [6.07, 6.45) is 1.89. The van der Waals surface area contributed by atoms with Crippen LogP contribution >= 0.6 is 0 Å². The van der Waals surface area contributed by atoms with Crippen LogP contribution in [0.2, 0.25) is 14.8 Å². The molecule has 0 aliphatic heterocycles. The van der Waals surface area contributed by atoms with E-state index in [0.29, 0.717) is 0 Å². The van der Waals surface area contributed by atoms with Gasteiger partial charge in [0.25, 0.3) is 0 Å². The van der Waals surface area contributed by atoms with E-state index in [1.807, 2.05) is 12.3 Å². The molecule has 2 heteroatoms. The molecule has 2 aromatic rings. The number of benzene rings is 1. The van der Waals surface area contributed by atoms with Gasteiger partial charge in [-0.05, 0) is 0 Å². The van der Waals surface area contributed by atoms with Crippen LogP contribution in [0.15, 0.2) is 36.5 Å². The van der Waals surface area contributed by atoms with E-state index in [0.717, 1.165) is 0 Å². The summed E-state index contributed by atoms with van der Waals surface area (Å²) in [6.45, 7) is 0. The summed E-state index contributed by atoms with van der Waals surface area (Å²) in [6, 6.07) is 10.7. The van der Waals surface area contributed by atoms with E-state index >= 15 is 0 Å². The van der Waals surface area contributed by atoms with E-state index in [2.05, 4.69) is 44.1 Å². The van der Waals surface area contributed by atoms with Crippen molar-refractivity contribution in [2.24, 2.45) is 0 Å². The van der Waals surface area contributed by atoms with Gasteiger partial charge < -0.3 is 0 Å². The van der Waals surface area contributed by atoms with Crippen molar-refractivity contribution in [3.63, 3.8) is 0 Å². The molecule has 1 aromatic heterocycles. The number of fused-ring (bicyclic) bond motifs is 1. The molecule has 72 valence electrons. The van der Waals surface area contributed by atoms with Crippen LogP contribution in [-0.2, 0) is 0 Å². The molecular weight excluding hydrogens is 277 g/mol. The summed E-state index contributed by atoms with van der Waals surface area (Å²) < 4.78 is 1.53. The zero-order valence-corrected chi connectivity index (χ0v) is 11.8. The first kappa shape index (κ1) is 9.96. The Morgan fingerprint density at radius 1 is 1.00 bits per heavy atom. The van der Waals surface area contributed by atoms with Gasteiger partial charge in [-0.2, -0.15) is 0 Å². The molecular formula is C12H15NSn. The van der Waals surface area contributed by atoms with Gasteiger partial charge in [0.1, 0.15) is 0 Å². The van der Waals surface area contributed by atoms with Crippen LogP contribution in [0.3, 0.4) is 0 Å². The van der Waals surface area contributed by atoms with Crippen LogP contribution in [0.1, 0.15) is 0 Å². The summed E-state index contributed by atoms with van der Waals surface area (Å²) in [5.74, 6) is 0. The Morgan fingerprint density at radius 3 is 2.43 bits per heavy atom. The molecule has 0 bridgehead atoms. The average molecular weight is 292 g/mol. The summed E-state index contributed by atoms with van der Waals surface area (Å²) in [4.78, 5) is 11.8. The van der Waals surface area contributed by atoms with Gasteiger partial charge >= 0.3 is 89.2 Å². The Hall–Kier alpha value is -0.571. The Labute approximate surface area is 89.0 Å². The summed E-state index contributed by atoms with van der Waals surface area (Å²) >= 11 is -1.99. The minimum atomic E-state index is -1.99. The van der Waals surface area contributed by atoms with Crippen molar-refractivity contribution >= 4 is 32.9 Å². The number of nitrogens with zero attached hydrogens (tertiary/aromatic N) is 1. The van der Waals surface area contributed by atoms with Gasteiger partial charge in [0, 0.05) is 0 Å². The van der Waals surface area contributed by atoms with Crippen molar-refractivity contribution in [3.8, 4) is 0 Å². The van der Waals surface area contributed by atoms with Gasteiger partial charge in [-0.15, -0.1) is 0 Å². The van der Waals surface area contributed by atoms with Gasteiger partial charge in [0.2, 0.25) is 0 Å². The molecule has 0 amide bonds. The molecule has 0 N–H and O–H groups in total. The monoisotopic (exact) mass is 293 g/mol. The molecule has 1 nitrogen and oxygen atoms in total. The molecule has 0 spiro atoms.